The third-order valence-corrected chi connectivity index (χ3v) is 8.33. The molecule has 0 aromatic heterocycles. The van der Waals surface area contributed by atoms with Gasteiger partial charge in [0.2, 0.25) is 11.8 Å². The van der Waals surface area contributed by atoms with Crippen LogP contribution in [0.15, 0.2) is 0 Å². The lowest BCUT2D eigenvalue weighted by molar-refractivity contribution is -0.155. The van der Waals surface area contributed by atoms with Gasteiger partial charge in [0.1, 0.15) is 11.6 Å². The van der Waals surface area contributed by atoms with E-state index >= 15 is 0 Å². The number of esters is 1. The molecule has 1 spiro atoms. The summed E-state index contributed by atoms with van der Waals surface area (Å²) in [5.41, 5.74) is -1.12. The highest BCUT2D eigenvalue weighted by atomic mass is 79.9. The third-order valence-electron chi connectivity index (χ3n) is 7.49. The van der Waals surface area contributed by atoms with Crippen molar-refractivity contribution >= 4 is 33.7 Å². The van der Waals surface area contributed by atoms with Crippen LogP contribution in [0.4, 0.5) is 0 Å². The largest absolute Gasteiger partial charge is 0.466 e. The topological polar surface area (TPSA) is 105 Å². The van der Waals surface area contributed by atoms with E-state index < -0.39 is 41.6 Å². The molecule has 2 amide bonds. The number of aliphatic hydroxyl groups excluding tert-OH is 1. The number of fused-ring (bicyclic) bond motifs is 1. The molecule has 3 aliphatic rings. The second-order valence-corrected chi connectivity index (χ2v) is 10.7. The van der Waals surface area contributed by atoms with E-state index in [-0.39, 0.29) is 41.8 Å². The van der Waals surface area contributed by atoms with Crippen LogP contribution in [-0.4, -0.2) is 75.7 Å². The van der Waals surface area contributed by atoms with Gasteiger partial charge in [0.25, 0.3) is 0 Å². The number of halogens is 1. The first-order valence-electron chi connectivity index (χ1n) is 11.9. The normalized spacial score (nSPS) is 36.0. The minimum atomic E-state index is -1.12. The maximum Gasteiger partial charge on any atom is 0.312 e. The molecule has 0 radical (unpaired) electrons. The zero-order valence-corrected chi connectivity index (χ0v) is 21.3. The van der Waals surface area contributed by atoms with Crippen molar-refractivity contribution < 1.29 is 29.0 Å². The van der Waals surface area contributed by atoms with Crippen LogP contribution in [0.1, 0.15) is 60.3 Å². The van der Waals surface area contributed by atoms with Gasteiger partial charge in [-0.25, -0.2) is 0 Å². The number of rotatable bonds is 10. The minimum Gasteiger partial charge on any atom is -0.466 e. The number of aliphatic hydroxyl groups is 1. The smallest absolute Gasteiger partial charge is 0.312 e. The van der Waals surface area contributed by atoms with Crippen molar-refractivity contribution in [2.75, 3.05) is 13.2 Å². The highest BCUT2D eigenvalue weighted by Crippen LogP contribution is 2.60. The van der Waals surface area contributed by atoms with Crippen LogP contribution in [0.3, 0.4) is 0 Å². The fourth-order valence-corrected chi connectivity index (χ4v) is 6.82. The Morgan fingerprint density at radius 3 is 2.59 bits per heavy atom. The molecule has 182 valence electrons. The second-order valence-electron chi connectivity index (χ2n) is 9.49. The van der Waals surface area contributed by atoms with Crippen molar-refractivity contribution in [2.24, 2.45) is 17.8 Å². The molecular formula is C23H37BrN2O6. The molecule has 9 heteroatoms. The van der Waals surface area contributed by atoms with E-state index in [0.717, 1.165) is 19.3 Å². The van der Waals surface area contributed by atoms with Crippen molar-refractivity contribution in [2.45, 2.75) is 95.0 Å². The average Bonchev–Trinajstić information content (AvgIpc) is 3.32. The summed E-state index contributed by atoms with van der Waals surface area (Å²) in [7, 11) is 0. The van der Waals surface area contributed by atoms with Crippen molar-refractivity contribution in [1.82, 2.24) is 10.2 Å². The zero-order chi connectivity index (χ0) is 23.8. The summed E-state index contributed by atoms with van der Waals surface area (Å²) >= 11 is 3.63. The maximum absolute atomic E-state index is 13.9. The molecule has 8 nitrogen and oxygen atoms in total. The van der Waals surface area contributed by atoms with Crippen molar-refractivity contribution in [1.29, 1.82) is 0 Å². The first-order chi connectivity index (χ1) is 15.2. The van der Waals surface area contributed by atoms with Gasteiger partial charge in [-0.1, -0.05) is 49.5 Å². The highest BCUT2D eigenvalue weighted by Gasteiger charge is 2.77. The van der Waals surface area contributed by atoms with Gasteiger partial charge < -0.3 is 24.8 Å². The molecule has 0 aliphatic carbocycles. The monoisotopic (exact) mass is 516 g/mol. The van der Waals surface area contributed by atoms with E-state index in [1.807, 2.05) is 20.8 Å². The van der Waals surface area contributed by atoms with Crippen LogP contribution in [0.5, 0.6) is 0 Å². The molecular weight excluding hydrogens is 480 g/mol. The predicted molar refractivity (Wildman–Crippen MR) is 122 cm³/mol. The first-order valence-corrected chi connectivity index (χ1v) is 12.8. The summed E-state index contributed by atoms with van der Waals surface area (Å²) in [6.07, 6.45) is 2.39. The van der Waals surface area contributed by atoms with E-state index in [0.29, 0.717) is 6.42 Å². The molecule has 0 saturated carbocycles. The number of carbonyl (C=O) groups excluding carboxylic acids is 3. The number of hydrogen-bond acceptors (Lipinski definition) is 6. The van der Waals surface area contributed by atoms with Gasteiger partial charge in [-0.15, -0.1) is 0 Å². The predicted octanol–water partition coefficient (Wildman–Crippen LogP) is 2.01. The van der Waals surface area contributed by atoms with E-state index in [1.165, 1.54) is 4.90 Å². The molecule has 32 heavy (non-hydrogen) atoms. The lowest BCUT2D eigenvalue weighted by Gasteiger charge is -2.39. The van der Waals surface area contributed by atoms with E-state index in [9.17, 15) is 19.5 Å². The molecule has 3 aliphatic heterocycles. The highest BCUT2D eigenvalue weighted by molar-refractivity contribution is 9.09. The first kappa shape index (κ1) is 25.4. The Hall–Kier alpha value is -1.19. The standard InChI is InChI=1S/C23H37BrN2O6/c1-6-9-13(5)25-20(28)19-23-10-14(24)18(32-23)16(22(30)31-8-3)17(23)21(29)26(19)15(11-27)12(4)7-2/h12-19,27H,6-11H2,1-5H3,(H,25,28)/t12-,13?,14?,15-,16-,17+,18-,19-,23+/m0/s1. The summed E-state index contributed by atoms with van der Waals surface area (Å²) in [5, 5.41) is 13.3. The minimum absolute atomic E-state index is 0.0273. The van der Waals surface area contributed by atoms with Crippen LogP contribution in [0.2, 0.25) is 0 Å². The van der Waals surface area contributed by atoms with Crippen molar-refractivity contribution in [3.63, 3.8) is 0 Å². The van der Waals surface area contributed by atoms with Gasteiger partial charge in [0, 0.05) is 10.9 Å². The van der Waals surface area contributed by atoms with Gasteiger partial charge in [-0.2, -0.15) is 0 Å². The quantitative estimate of drug-likeness (QED) is 0.340. The van der Waals surface area contributed by atoms with Crippen LogP contribution in [0.25, 0.3) is 0 Å². The Morgan fingerprint density at radius 1 is 1.34 bits per heavy atom. The van der Waals surface area contributed by atoms with Gasteiger partial charge >= 0.3 is 5.97 Å². The number of hydrogen-bond donors (Lipinski definition) is 2. The lowest BCUT2D eigenvalue weighted by Crippen LogP contribution is -2.60. The van der Waals surface area contributed by atoms with Crippen molar-refractivity contribution in [3.8, 4) is 0 Å². The SMILES string of the molecule is CCCC(C)NC(=O)[C@@H]1N([C@@H](CO)[C@@H](C)CC)C(=O)[C@H]2[C@H](C(=O)OCC)[C@H]3O[C@@]12CC3Br. The van der Waals surface area contributed by atoms with Gasteiger partial charge in [0.05, 0.1) is 37.2 Å². The Labute approximate surface area is 198 Å². The number of amides is 2. The molecule has 2 bridgehead atoms. The number of likely N-dealkylation sites (tertiary alicyclic amines) is 1. The van der Waals surface area contributed by atoms with E-state index in [1.54, 1.807) is 6.92 Å². The summed E-state index contributed by atoms with van der Waals surface area (Å²) < 4.78 is 11.7. The number of nitrogens with zero attached hydrogens (tertiary/aromatic N) is 1. The second kappa shape index (κ2) is 9.97. The lowest BCUT2D eigenvalue weighted by atomic mass is 9.70. The van der Waals surface area contributed by atoms with Gasteiger partial charge in [-0.05, 0) is 32.6 Å². The average molecular weight is 517 g/mol. The Kier molecular flexibility index (Phi) is 7.93. The van der Waals surface area contributed by atoms with E-state index in [2.05, 4.69) is 28.2 Å². The molecule has 2 unspecified atom stereocenters. The van der Waals surface area contributed by atoms with Gasteiger partial charge in [0.15, 0.2) is 0 Å². The number of ether oxygens (including phenoxy) is 2. The molecule has 0 aromatic rings. The third kappa shape index (κ3) is 3.98. The van der Waals surface area contributed by atoms with Crippen LogP contribution < -0.4 is 5.32 Å². The summed E-state index contributed by atoms with van der Waals surface area (Å²) in [6, 6.07) is -1.51. The summed E-state index contributed by atoms with van der Waals surface area (Å²) in [5.74, 6) is -2.64. The molecule has 0 aromatic carbocycles. The van der Waals surface area contributed by atoms with Crippen LogP contribution in [-0.2, 0) is 23.9 Å². The summed E-state index contributed by atoms with van der Waals surface area (Å²) in [6.45, 7) is 9.62. The van der Waals surface area contributed by atoms with Gasteiger partial charge in [-0.3, -0.25) is 14.4 Å². The molecule has 3 fully saturated rings. The Balaban J connectivity index is 2.07. The Morgan fingerprint density at radius 2 is 2.03 bits per heavy atom. The molecule has 3 heterocycles. The van der Waals surface area contributed by atoms with Crippen molar-refractivity contribution in [3.05, 3.63) is 0 Å². The number of nitrogens with one attached hydrogen (secondary N) is 1. The Bertz CT molecular complexity index is 735. The maximum atomic E-state index is 13.9. The van der Waals surface area contributed by atoms with Crippen LogP contribution >= 0.6 is 15.9 Å². The zero-order valence-electron chi connectivity index (χ0n) is 19.7. The fourth-order valence-electron chi connectivity index (χ4n) is 5.87. The molecule has 3 rings (SSSR count). The molecule has 3 saturated heterocycles. The number of carbonyl (C=O) groups is 3. The van der Waals surface area contributed by atoms with E-state index in [4.69, 9.17) is 9.47 Å². The number of alkyl halides is 1. The van der Waals surface area contributed by atoms with Crippen LogP contribution in [0, 0.1) is 17.8 Å². The molecule has 2 N–H and O–H groups in total. The molecule has 9 atom stereocenters. The fraction of sp³-hybridized carbons (Fsp3) is 0.870. The summed E-state index contributed by atoms with van der Waals surface area (Å²) in [4.78, 5) is 41.8.